The maximum atomic E-state index is 11.4. The van der Waals surface area contributed by atoms with Crippen molar-refractivity contribution in [2.75, 3.05) is 0 Å². The number of carbonyl (C=O) groups is 1. The van der Waals surface area contributed by atoms with E-state index < -0.39 is 0 Å². The summed E-state index contributed by atoms with van der Waals surface area (Å²) in [6.45, 7) is 2.13. The predicted octanol–water partition coefficient (Wildman–Crippen LogP) is 3.87. The fraction of sp³-hybridized carbons (Fsp3) is 0.417. The van der Waals surface area contributed by atoms with Crippen LogP contribution in [0.3, 0.4) is 0 Å². The van der Waals surface area contributed by atoms with Crippen molar-refractivity contribution < 1.29 is 4.79 Å². The Morgan fingerprint density at radius 3 is 2.87 bits per heavy atom. The van der Waals surface area contributed by atoms with Crippen molar-refractivity contribution in [3.8, 4) is 0 Å². The zero-order valence-corrected chi connectivity index (χ0v) is 10.2. The maximum Gasteiger partial charge on any atom is 0.155 e. The molecular weight excluding hydrogens is 228 g/mol. The van der Waals surface area contributed by atoms with Gasteiger partial charge in [0.05, 0.1) is 4.34 Å². The van der Waals surface area contributed by atoms with E-state index in [9.17, 15) is 4.79 Å². The van der Waals surface area contributed by atoms with Gasteiger partial charge in [-0.05, 0) is 30.5 Å². The Morgan fingerprint density at radius 1 is 1.47 bits per heavy atom. The zero-order chi connectivity index (χ0) is 10.8. The van der Waals surface area contributed by atoms with Gasteiger partial charge in [-0.1, -0.05) is 24.1 Å². The number of allylic oxidation sites excluding steroid dienone is 2. The Labute approximate surface area is 98.8 Å². The number of carbonyl (C=O) groups excluding carboxylic acids is 1. The van der Waals surface area contributed by atoms with Crippen LogP contribution < -0.4 is 0 Å². The van der Waals surface area contributed by atoms with Crippen LogP contribution in [0.15, 0.2) is 23.8 Å². The molecule has 0 saturated heterocycles. The van der Waals surface area contributed by atoms with Crippen molar-refractivity contribution in [2.24, 2.45) is 5.92 Å². The molecule has 0 aromatic carbocycles. The topological polar surface area (TPSA) is 17.1 Å². The van der Waals surface area contributed by atoms with E-state index in [2.05, 4.69) is 6.92 Å². The van der Waals surface area contributed by atoms with E-state index in [-0.39, 0.29) is 5.78 Å². The van der Waals surface area contributed by atoms with Gasteiger partial charge in [-0.2, -0.15) is 0 Å². The lowest BCUT2D eigenvalue weighted by molar-refractivity contribution is -0.115. The van der Waals surface area contributed by atoms with Crippen LogP contribution in [-0.2, 0) is 11.2 Å². The fourth-order valence-corrected chi connectivity index (χ4v) is 3.14. The van der Waals surface area contributed by atoms with E-state index in [4.69, 9.17) is 11.6 Å². The van der Waals surface area contributed by atoms with Gasteiger partial charge < -0.3 is 0 Å². The van der Waals surface area contributed by atoms with Crippen molar-refractivity contribution in [3.05, 3.63) is 33.0 Å². The highest BCUT2D eigenvalue weighted by Crippen LogP contribution is 2.28. The minimum atomic E-state index is 0.270. The molecule has 1 heterocycles. The minimum Gasteiger partial charge on any atom is -0.295 e. The molecule has 1 nitrogen and oxygen atoms in total. The summed E-state index contributed by atoms with van der Waals surface area (Å²) in [6, 6.07) is 3.95. The highest BCUT2D eigenvalue weighted by molar-refractivity contribution is 7.16. The summed E-state index contributed by atoms with van der Waals surface area (Å²) in [5, 5.41) is 0. The number of thiophene rings is 1. The summed E-state index contributed by atoms with van der Waals surface area (Å²) in [5.74, 6) is 0.763. The molecule has 1 aliphatic carbocycles. The lowest BCUT2D eigenvalue weighted by atomic mass is 9.88. The summed E-state index contributed by atoms with van der Waals surface area (Å²) >= 11 is 7.46. The fourth-order valence-electron chi connectivity index (χ4n) is 2.00. The molecule has 1 unspecified atom stereocenters. The first kappa shape index (κ1) is 10.9. The average molecular weight is 241 g/mol. The molecule has 0 aliphatic heterocycles. The Kier molecular flexibility index (Phi) is 3.27. The normalized spacial score (nSPS) is 21.6. The van der Waals surface area contributed by atoms with Crippen molar-refractivity contribution in [3.63, 3.8) is 0 Å². The molecule has 80 valence electrons. The van der Waals surface area contributed by atoms with E-state index in [1.54, 1.807) is 11.3 Å². The Morgan fingerprint density at radius 2 is 2.27 bits per heavy atom. The molecule has 1 aromatic rings. The molecule has 2 rings (SSSR count). The Hall–Kier alpha value is -0.600. The van der Waals surface area contributed by atoms with Gasteiger partial charge in [0.25, 0.3) is 0 Å². The molecule has 3 heteroatoms. The van der Waals surface area contributed by atoms with Crippen LogP contribution >= 0.6 is 22.9 Å². The summed E-state index contributed by atoms with van der Waals surface area (Å²) in [6.07, 6.45) is 4.44. The minimum absolute atomic E-state index is 0.270. The second kappa shape index (κ2) is 4.50. The molecule has 0 saturated carbocycles. The first-order valence-electron chi connectivity index (χ1n) is 5.10. The average Bonchev–Trinajstić information content (AvgIpc) is 2.49. The molecule has 15 heavy (non-hydrogen) atoms. The third-order valence-corrected chi connectivity index (χ3v) is 3.79. The van der Waals surface area contributed by atoms with Crippen LogP contribution in [0.2, 0.25) is 4.34 Å². The molecule has 0 bridgehead atoms. The van der Waals surface area contributed by atoms with Crippen LogP contribution in [0.1, 0.15) is 24.6 Å². The van der Waals surface area contributed by atoms with E-state index in [1.807, 2.05) is 18.2 Å². The van der Waals surface area contributed by atoms with Gasteiger partial charge in [-0.15, -0.1) is 11.3 Å². The molecule has 0 spiro atoms. The maximum absolute atomic E-state index is 11.4. The smallest absolute Gasteiger partial charge is 0.155 e. The Balaban J connectivity index is 2.09. The molecular formula is C12H13ClOS. The van der Waals surface area contributed by atoms with Crippen LogP contribution in [0.25, 0.3) is 0 Å². The molecule has 0 N–H and O–H groups in total. The number of hydrogen-bond donors (Lipinski definition) is 0. The first-order chi connectivity index (χ1) is 7.13. The molecule has 0 amide bonds. The van der Waals surface area contributed by atoms with Gasteiger partial charge in [0.15, 0.2) is 5.78 Å². The van der Waals surface area contributed by atoms with Gasteiger partial charge in [-0.25, -0.2) is 0 Å². The van der Waals surface area contributed by atoms with Crippen LogP contribution in [-0.4, -0.2) is 5.78 Å². The highest BCUT2D eigenvalue weighted by atomic mass is 35.5. The van der Waals surface area contributed by atoms with Crippen LogP contribution in [0.5, 0.6) is 0 Å². The first-order valence-corrected chi connectivity index (χ1v) is 6.29. The largest absolute Gasteiger partial charge is 0.295 e. The third kappa shape index (κ3) is 2.93. The van der Waals surface area contributed by atoms with Crippen molar-refractivity contribution in [1.29, 1.82) is 0 Å². The second-order valence-corrected chi connectivity index (χ2v) is 5.96. The molecule has 1 atom stereocenters. The summed E-state index contributed by atoms with van der Waals surface area (Å²) in [5.41, 5.74) is 1.25. The van der Waals surface area contributed by atoms with E-state index in [0.29, 0.717) is 12.3 Å². The number of ketones is 1. The van der Waals surface area contributed by atoms with Crippen LogP contribution in [0, 0.1) is 5.92 Å². The van der Waals surface area contributed by atoms with Crippen molar-refractivity contribution in [1.82, 2.24) is 0 Å². The van der Waals surface area contributed by atoms with Gasteiger partial charge in [0.1, 0.15) is 0 Å². The molecule has 1 aliphatic rings. The number of halogens is 1. The number of hydrogen-bond acceptors (Lipinski definition) is 2. The van der Waals surface area contributed by atoms with Crippen molar-refractivity contribution in [2.45, 2.75) is 26.2 Å². The predicted molar refractivity (Wildman–Crippen MR) is 64.5 cm³/mol. The molecule has 0 fully saturated rings. The van der Waals surface area contributed by atoms with E-state index in [0.717, 1.165) is 17.2 Å². The quantitative estimate of drug-likeness (QED) is 0.767. The van der Waals surface area contributed by atoms with Crippen LogP contribution in [0.4, 0.5) is 0 Å². The van der Waals surface area contributed by atoms with Gasteiger partial charge in [0.2, 0.25) is 0 Å². The monoisotopic (exact) mass is 240 g/mol. The standard InChI is InChI=1S/C12H13ClOS/c1-8-4-9(6-10(14)5-8)7-11-2-3-12(13)15-11/h2-3,6,8H,4-5,7H2,1H3. The highest BCUT2D eigenvalue weighted by Gasteiger charge is 2.17. The van der Waals surface area contributed by atoms with Crippen molar-refractivity contribution >= 4 is 28.7 Å². The summed E-state index contributed by atoms with van der Waals surface area (Å²) in [7, 11) is 0. The number of rotatable bonds is 2. The Bertz CT molecular complexity index is 406. The molecule has 0 radical (unpaired) electrons. The van der Waals surface area contributed by atoms with E-state index in [1.165, 1.54) is 10.5 Å². The zero-order valence-electron chi connectivity index (χ0n) is 8.63. The lowest BCUT2D eigenvalue weighted by Crippen LogP contribution is -2.12. The third-order valence-electron chi connectivity index (χ3n) is 2.56. The summed E-state index contributed by atoms with van der Waals surface area (Å²) in [4.78, 5) is 12.6. The van der Waals surface area contributed by atoms with Gasteiger partial charge in [0, 0.05) is 17.7 Å². The molecule has 1 aromatic heterocycles. The SMILES string of the molecule is CC1CC(=O)C=C(Cc2ccc(Cl)s2)C1. The second-order valence-electron chi connectivity index (χ2n) is 4.16. The van der Waals surface area contributed by atoms with E-state index >= 15 is 0 Å². The lowest BCUT2D eigenvalue weighted by Gasteiger charge is -2.17. The van der Waals surface area contributed by atoms with Gasteiger partial charge in [-0.3, -0.25) is 4.79 Å². The summed E-state index contributed by atoms with van der Waals surface area (Å²) < 4.78 is 0.820. The van der Waals surface area contributed by atoms with Gasteiger partial charge >= 0.3 is 0 Å².